The number of halogens is 1. The van der Waals surface area contributed by atoms with Crippen molar-refractivity contribution in [2.45, 2.75) is 17.7 Å². The summed E-state index contributed by atoms with van der Waals surface area (Å²) in [7, 11) is -4.08. The third-order valence-corrected chi connectivity index (χ3v) is 3.79. The van der Waals surface area contributed by atoms with Crippen LogP contribution in [0.3, 0.4) is 0 Å². The highest BCUT2D eigenvalue weighted by Gasteiger charge is 2.18. The molecular formula is C10H11ClN2O5S. The lowest BCUT2D eigenvalue weighted by Crippen LogP contribution is -2.30. The van der Waals surface area contributed by atoms with E-state index in [2.05, 4.69) is 0 Å². The lowest BCUT2D eigenvalue weighted by molar-refractivity contribution is -0.138. The monoisotopic (exact) mass is 306 g/mol. The Bertz CT molecular complexity index is 614. The van der Waals surface area contributed by atoms with Crippen LogP contribution in [-0.2, 0) is 19.6 Å². The van der Waals surface area contributed by atoms with E-state index in [1.165, 1.54) is 12.1 Å². The summed E-state index contributed by atoms with van der Waals surface area (Å²) in [6, 6.07) is 3.58. The van der Waals surface area contributed by atoms with Gasteiger partial charge in [0.1, 0.15) is 0 Å². The van der Waals surface area contributed by atoms with Crippen molar-refractivity contribution in [1.82, 2.24) is 4.72 Å². The molecule has 0 aliphatic carbocycles. The third kappa shape index (κ3) is 4.42. The van der Waals surface area contributed by atoms with E-state index in [1.54, 1.807) is 4.72 Å². The van der Waals surface area contributed by atoms with Gasteiger partial charge in [0.05, 0.1) is 22.0 Å². The third-order valence-electron chi connectivity index (χ3n) is 2.10. The second-order valence-electron chi connectivity index (χ2n) is 3.61. The molecule has 0 bridgehead atoms. The van der Waals surface area contributed by atoms with Crippen LogP contribution in [-0.4, -0.2) is 25.4 Å². The Hall–Kier alpha value is -1.80. The minimum absolute atomic E-state index is 0.0425. The smallest absolute Gasteiger partial charge is 0.303 e. The zero-order valence-corrected chi connectivity index (χ0v) is 11.2. The molecule has 0 spiro atoms. The van der Waals surface area contributed by atoms with Crippen molar-refractivity contribution in [3.8, 4) is 0 Å². The molecule has 9 heteroatoms. The summed E-state index contributed by atoms with van der Waals surface area (Å²) in [6.07, 6.45) is -0.888. The number of carboxylic acids is 1. The van der Waals surface area contributed by atoms with Crippen LogP contribution in [0.4, 0.5) is 5.69 Å². The van der Waals surface area contributed by atoms with Crippen LogP contribution in [0.15, 0.2) is 23.1 Å². The van der Waals surface area contributed by atoms with Crippen molar-refractivity contribution in [1.29, 1.82) is 0 Å². The standard InChI is InChI=1S/C10H11ClN2O5S/c11-7-5-6(1-2-8(7)12)19(17,18)13-9(14)3-4-10(15)16/h1-2,5H,3-4,12H2,(H,13,14)(H,15,16). The normalized spacial score (nSPS) is 11.0. The maximum Gasteiger partial charge on any atom is 0.303 e. The maximum absolute atomic E-state index is 11.8. The van der Waals surface area contributed by atoms with Crippen molar-refractivity contribution < 1.29 is 23.1 Å². The molecule has 1 aromatic carbocycles. The Balaban J connectivity index is 2.83. The molecule has 0 fully saturated rings. The highest BCUT2D eigenvalue weighted by atomic mass is 35.5. The Kier molecular flexibility index (Phi) is 4.73. The molecule has 0 saturated heterocycles. The van der Waals surface area contributed by atoms with E-state index in [-0.39, 0.29) is 15.6 Å². The molecule has 1 amide bonds. The van der Waals surface area contributed by atoms with Crippen LogP contribution >= 0.6 is 11.6 Å². The number of amides is 1. The highest BCUT2D eigenvalue weighted by molar-refractivity contribution is 7.90. The lowest BCUT2D eigenvalue weighted by atomic mass is 10.3. The van der Waals surface area contributed by atoms with Crippen LogP contribution in [0.5, 0.6) is 0 Å². The first-order valence-corrected chi connectivity index (χ1v) is 6.91. The number of sulfonamides is 1. The van der Waals surface area contributed by atoms with Gasteiger partial charge < -0.3 is 10.8 Å². The predicted octanol–water partition coefficient (Wildman–Crippen LogP) is 0.592. The van der Waals surface area contributed by atoms with Gasteiger partial charge in [0, 0.05) is 6.42 Å². The summed E-state index contributed by atoms with van der Waals surface area (Å²) in [4.78, 5) is 21.3. The number of benzene rings is 1. The molecule has 0 heterocycles. The van der Waals surface area contributed by atoms with Crippen LogP contribution < -0.4 is 10.5 Å². The van der Waals surface area contributed by atoms with E-state index in [9.17, 15) is 18.0 Å². The number of carbonyl (C=O) groups is 2. The number of carbonyl (C=O) groups excluding carboxylic acids is 1. The average Bonchev–Trinajstić information content (AvgIpc) is 2.29. The summed E-state index contributed by atoms with van der Waals surface area (Å²) < 4.78 is 25.3. The fourth-order valence-corrected chi connectivity index (χ4v) is 2.44. The molecule has 0 atom stereocenters. The number of nitrogens with two attached hydrogens (primary N) is 1. The van der Waals surface area contributed by atoms with Gasteiger partial charge in [-0.1, -0.05) is 11.6 Å². The van der Waals surface area contributed by atoms with E-state index in [4.69, 9.17) is 22.4 Å². The van der Waals surface area contributed by atoms with Crippen LogP contribution in [0.25, 0.3) is 0 Å². The summed E-state index contributed by atoms with van der Waals surface area (Å²) >= 11 is 5.68. The fourth-order valence-electron chi connectivity index (χ4n) is 1.16. The SMILES string of the molecule is Nc1ccc(S(=O)(=O)NC(=O)CCC(=O)O)cc1Cl. The number of nitrogens with one attached hydrogen (secondary N) is 1. The second kappa shape index (κ2) is 5.89. The molecule has 1 aromatic rings. The van der Waals surface area contributed by atoms with Crippen molar-refractivity contribution >= 4 is 39.2 Å². The highest BCUT2D eigenvalue weighted by Crippen LogP contribution is 2.22. The van der Waals surface area contributed by atoms with Gasteiger partial charge in [0.2, 0.25) is 5.91 Å². The van der Waals surface area contributed by atoms with Crippen LogP contribution in [0.2, 0.25) is 5.02 Å². The topological polar surface area (TPSA) is 127 Å². The zero-order valence-electron chi connectivity index (χ0n) is 9.59. The lowest BCUT2D eigenvalue weighted by Gasteiger charge is -2.07. The van der Waals surface area contributed by atoms with Gasteiger partial charge in [0.25, 0.3) is 10.0 Å². The molecular weight excluding hydrogens is 296 g/mol. The molecule has 4 N–H and O–H groups in total. The maximum atomic E-state index is 11.8. The number of anilines is 1. The van der Waals surface area contributed by atoms with Gasteiger partial charge in [0.15, 0.2) is 0 Å². The average molecular weight is 307 g/mol. The van der Waals surface area contributed by atoms with E-state index < -0.39 is 34.7 Å². The molecule has 1 rings (SSSR count). The van der Waals surface area contributed by atoms with Crippen LogP contribution in [0, 0.1) is 0 Å². The summed E-state index contributed by atoms with van der Waals surface area (Å²) in [5, 5.41) is 8.43. The molecule has 0 unspecified atom stereocenters. The van der Waals surface area contributed by atoms with Gasteiger partial charge in [-0.2, -0.15) is 0 Å². The van der Waals surface area contributed by atoms with E-state index in [0.717, 1.165) is 6.07 Å². The molecule has 19 heavy (non-hydrogen) atoms. The number of aliphatic carboxylic acids is 1. The number of rotatable bonds is 5. The predicted molar refractivity (Wildman–Crippen MR) is 68.1 cm³/mol. The molecule has 0 aliphatic rings. The molecule has 0 saturated carbocycles. The van der Waals surface area contributed by atoms with Gasteiger partial charge in [-0.15, -0.1) is 0 Å². The Morgan fingerprint density at radius 1 is 1.32 bits per heavy atom. The molecule has 0 aromatic heterocycles. The quantitative estimate of drug-likeness (QED) is 0.683. The number of hydrogen-bond acceptors (Lipinski definition) is 5. The molecule has 0 aliphatic heterocycles. The Morgan fingerprint density at radius 3 is 2.47 bits per heavy atom. The first-order chi connectivity index (χ1) is 8.72. The van der Waals surface area contributed by atoms with Crippen LogP contribution in [0.1, 0.15) is 12.8 Å². The number of carboxylic acid groups (broad SMARTS) is 1. The number of nitrogen functional groups attached to an aromatic ring is 1. The number of hydrogen-bond donors (Lipinski definition) is 3. The largest absolute Gasteiger partial charge is 0.481 e. The summed E-state index contributed by atoms with van der Waals surface area (Å²) in [5.74, 6) is -2.10. The Morgan fingerprint density at radius 2 is 1.95 bits per heavy atom. The van der Waals surface area contributed by atoms with Gasteiger partial charge in [-0.3, -0.25) is 9.59 Å². The Labute approximate surface area is 114 Å². The minimum Gasteiger partial charge on any atom is -0.481 e. The fraction of sp³-hybridized carbons (Fsp3) is 0.200. The van der Waals surface area contributed by atoms with E-state index in [1.807, 2.05) is 0 Å². The molecule has 0 radical (unpaired) electrons. The summed E-state index contributed by atoms with van der Waals surface area (Å²) in [5.41, 5.74) is 5.64. The first kappa shape index (κ1) is 15.3. The minimum atomic E-state index is -4.08. The first-order valence-electron chi connectivity index (χ1n) is 5.05. The van der Waals surface area contributed by atoms with Gasteiger partial charge in [-0.05, 0) is 18.2 Å². The zero-order chi connectivity index (χ0) is 14.6. The molecule has 104 valence electrons. The summed E-state index contributed by atoms with van der Waals surface area (Å²) in [6.45, 7) is 0. The van der Waals surface area contributed by atoms with Crippen molar-refractivity contribution in [3.63, 3.8) is 0 Å². The van der Waals surface area contributed by atoms with E-state index >= 15 is 0 Å². The van der Waals surface area contributed by atoms with Crippen molar-refractivity contribution in [2.75, 3.05) is 5.73 Å². The molecule has 7 nitrogen and oxygen atoms in total. The van der Waals surface area contributed by atoms with Crippen molar-refractivity contribution in [3.05, 3.63) is 23.2 Å². The second-order valence-corrected chi connectivity index (χ2v) is 5.70. The van der Waals surface area contributed by atoms with E-state index in [0.29, 0.717) is 0 Å². The van der Waals surface area contributed by atoms with Gasteiger partial charge in [-0.25, -0.2) is 13.1 Å². The van der Waals surface area contributed by atoms with Crippen molar-refractivity contribution in [2.24, 2.45) is 0 Å². The van der Waals surface area contributed by atoms with Gasteiger partial charge >= 0.3 is 5.97 Å².